The van der Waals surface area contributed by atoms with Crippen LogP contribution in [0.5, 0.6) is 0 Å². The van der Waals surface area contributed by atoms with Crippen molar-refractivity contribution in [3.05, 3.63) is 0 Å². The van der Waals surface area contributed by atoms with Crippen molar-refractivity contribution < 1.29 is 14.6 Å². The second kappa shape index (κ2) is 5.65. The topological polar surface area (TPSA) is 50.7 Å². The molecule has 2 aliphatic heterocycles. The quantitative estimate of drug-likeness (QED) is 0.775. The van der Waals surface area contributed by atoms with Gasteiger partial charge >= 0.3 is 0 Å². The standard InChI is InChI=1S/C13H25NO3/c1-16-11-13(6-2-3-8-17-13)9-12(15)5-4-7-14-10-12/h14-15H,2-11H2,1H3. The number of aliphatic hydroxyl groups is 1. The Morgan fingerprint density at radius 2 is 2.18 bits per heavy atom. The summed E-state index contributed by atoms with van der Waals surface area (Å²) in [5.74, 6) is 0. The van der Waals surface area contributed by atoms with Crippen LogP contribution in [0.25, 0.3) is 0 Å². The van der Waals surface area contributed by atoms with Crippen LogP contribution in [-0.2, 0) is 9.47 Å². The predicted molar refractivity (Wildman–Crippen MR) is 66.1 cm³/mol. The molecule has 0 radical (unpaired) electrons. The lowest BCUT2D eigenvalue weighted by atomic mass is 9.79. The molecule has 4 nitrogen and oxygen atoms in total. The molecule has 100 valence electrons. The highest BCUT2D eigenvalue weighted by Gasteiger charge is 2.42. The third-order valence-electron chi connectivity index (χ3n) is 3.94. The van der Waals surface area contributed by atoms with E-state index < -0.39 is 5.60 Å². The lowest BCUT2D eigenvalue weighted by molar-refractivity contribution is -0.156. The van der Waals surface area contributed by atoms with E-state index in [2.05, 4.69) is 5.32 Å². The summed E-state index contributed by atoms with van der Waals surface area (Å²) in [5, 5.41) is 13.9. The van der Waals surface area contributed by atoms with E-state index in [1.54, 1.807) is 7.11 Å². The molecule has 2 heterocycles. The van der Waals surface area contributed by atoms with Gasteiger partial charge in [0.05, 0.1) is 17.8 Å². The van der Waals surface area contributed by atoms with Crippen molar-refractivity contribution in [1.29, 1.82) is 0 Å². The van der Waals surface area contributed by atoms with Crippen molar-refractivity contribution in [2.45, 2.75) is 49.7 Å². The summed E-state index contributed by atoms with van der Waals surface area (Å²) in [5.41, 5.74) is -0.880. The van der Waals surface area contributed by atoms with Crippen LogP contribution >= 0.6 is 0 Å². The van der Waals surface area contributed by atoms with Gasteiger partial charge in [0.1, 0.15) is 0 Å². The van der Waals surface area contributed by atoms with Crippen molar-refractivity contribution in [3.8, 4) is 0 Å². The van der Waals surface area contributed by atoms with Crippen LogP contribution in [0, 0.1) is 0 Å². The van der Waals surface area contributed by atoms with Gasteiger partial charge in [-0.25, -0.2) is 0 Å². The molecule has 0 amide bonds. The van der Waals surface area contributed by atoms with Gasteiger partial charge in [-0.2, -0.15) is 0 Å². The molecule has 2 atom stereocenters. The summed E-state index contributed by atoms with van der Waals surface area (Å²) in [7, 11) is 1.71. The van der Waals surface area contributed by atoms with E-state index in [9.17, 15) is 5.11 Å². The number of ether oxygens (including phenoxy) is 2. The summed E-state index contributed by atoms with van der Waals surface area (Å²) in [4.78, 5) is 0. The second-order valence-electron chi connectivity index (χ2n) is 5.60. The molecule has 0 bridgehead atoms. The minimum Gasteiger partial charge on any atom is -0.388 e. The van der Waals surface area contributed by atoms with Crippen LogP contribution in [0.4, 0.5) is 0 Å². The second-order valence-corrected chi connectivity index (χ2v) is 5.60. The third kappa shape index (κ3) is 3.41. The van der Waals surface area contributed by atoms with Crippen molar-refractivity contribution in [2.75, 3.05) is 33.4 Å². The maximum atomic E-state index is 10.6. The molecule has 0 saturated carbocycles. The summed E-state index contributed by atoms with van der Waals surface area (Å²) in [6.45, 7) is 3.09. The first-order chi connectivity index (χ1) is 8.18. The van der Waals surface area contributed by atoms with E-state index in [0.717, 1.165) is 38.8 Å². The van der Waals surface area contributed by atoms with Gasteiger partial charge in [-0.1, -0.05) is 0 Å². The fraction of sp³-hybridized carbons (Fsp3) is 1.00. The average Bonchev–Trinajstić information content (AvgIpc) is 2.30. The molecule has 2 fully saturated rings. The third-order valence-corrected chi connectivity index (χ3v) is 3.94. The predicted octanol–water partition coefficient (Wildman–Crippen LogP) is 1.08. The molecule has 0 aromatic rings. The number of methoxy groups -OCH3 is 1. The minimum absolute atomic E-state index is 0.263. The lowest BCUT2D eigenvalue weighted by Gasteiger charge is -2.44. The maximum absolute atomic E-state index is 10.6. The molecule has 0 aliphatic carbocycles. The highest BCUT2D eigenvalue weighted by molar-refractivity contribution is 4.96. The van der Waals surface area contributed by atoms with Crippen LogP contribution in [0.15, 0.2) is 0 Å². The molecule has 4 heteroatoms. The van der Waals surface area contributed by atoms with Crippen LogP contribution in [0.2, 0.25) is 0 Å². The molecule has 2 saturated heterocycles. The molecule has 2 rings (SSSR count). The molecular weight excluding hydrogens is 218 g/mol. The Morgan fingerprint density at radius 3 is 2.76 bits per heavy atom. The van der Waals surface area contributed by atoms with Crippen LogP contribution in [0.3, 0.4) is 0 Å². The zero-order valence-corrected chi connectivity index (χ0v) is 10.8. The highest BCUT2D eigenvalue weighted by Crippen LogP contribution is 2.35. The van der Waals surface area contributed by atoms with Crippen LogP contribution < -0.4 is 5.32 Å². The summed E-state index contributed by atoms with van der Waals surface area (Å²) in [6, 6.07) is 0. The zero-order chi connectivity index (χ0) is 12.2. The summed E-state index contributed by atoms with van der Waals surface area (Å²) < 4.78 is 11.3. The van der Waals surface area contributed by atoms with Gasteiger partial charge in [-0.05, 0) is 38.6 Å². The van der Waals surface area contributed by atoms with E-state index in [1.807, 2.05) is 0 Å². The van der Waals surface area contributed by atoms with E-state index in [-0.39, 0.29) is 5.60 Å². The normalized spacial score (nSPS) is 39.2. The fourth-order valence-electron chi connectivity index (χ4n) is 3.18. The first-order valence-electron chi connectivity index (χ1n) is 6.74. The summed E-state index contributed by atoms with van der Waals surface area (Å²) in [6.07, 6.45) is 5.91. The molecular formula is C13H25NO3. The van der Waals surface area contributed by atoms with Gasteiger partial charge in [0.15, 0.2) is 0 Å². The Hall–Kier alpha value is -0.160. The van der Waals surface area contributed by atoms with Gasteiger partial charge in [0.25, 0.3) is 0 Å². The van der Waals surface area contributed by atoms with Gasteiger partial charge in [-0.15, -0.1) is 0 Å². The van der Waals surface area contributed by atoms with E-state index in [1.165, 1.54) is 6.42 Å². The smallest absolute Gasteiger partial charge is 0.0942 e. The first kappa shape index (κ1) is 13.3. The van der Waals surface area contributed by atoms with Crippen LogP contribution in [-0.4, -0.2) is 49.7 Å². The number of piperidine rings is 1. The Bertz CT molecular complexity index is 227. The SMILES string of the molecule is COCC1(CC2(O)CCCNC2)CCCCO1. The number of β-amino-alcohol motifs (C(OH)–C–C–N with tert-alkyl or cyclic N) is 1. The minimum atomic E-state index is -0.617. The molecule has 0 aromatic heterocycles. The lowest BCUT2D eigenvalue weighted by Crippen LogP contribution is -2.54. The van der Waals surface area contributed by atoms with E-state index >= 15 is 0 Å². The summed E-state index contributed by atoms with van der Waals surface area (Å²) >= 11 is 0. The van der Waals surface area contributed by atoms with Gasteiger partial charge in [-0.3, -0.25) is 0 Å². The molecule has 17 heavy (non-hydrogen) atoms. The van der Waals surface area contributed by atoms with Crippen molar-refractivity contribution in [2.24, 2.45) is 0 Å². The maximum Gasteiger partial charge on any atom is 0.0942 e. The van der Waals surface area contributed by atoms with Crippen molar-refractivity contribution in [1.82, 2.24) is 5.32 Å². The monoisotopic (exact) mass is 243 g/mol. The molecule has 0 spiro atoms. The first-order valence-corrected chi connectivity index (χ1v) is 6.74. The number of rotatable bonds is 4. The van der Waals surface area contributed by atoms with Crippen molar-refractivity contribution >= 4 is 0 Å². The Kier molecular flexibility index (Phi) is 4.42. The Labute approximate surface area is 104 Å². The fourth-order valence-corrected chi connectivity index (χ4v) is 3.18. The highest BCUT2D eigenvalue weighted by atomic mass is 16.5. The van der Waals surface area contributed by atoms with E-state index in [4.69, 9.17) is 9.47 Å². The van der Waals surface area contributed by atoms with Gasteiger partial charge in [0, 0.05) is 26.7 Å². The zero-order valence-electron chi connectivity index (χ0n) is 10.8. The van der Waals surface area contributed by atoms with Gasteiger partial charge in [0.2, 0.25) is 0 Å². The van der Waals surface area contributed by atoms with Gasteiger partial charge < -0.3 is 19.9 Å². The largest absolute Gasteiger partial charge is 0.388 e. The Balaban J connectivity index is 2.00. The van der Waals surface area contributed by atoms with Crippen LogP contribution in [0.1, 0.15) is 38.5 Å². The number of hydrogen-bond donors (Lipinski definition) is 2. The molecule has 0 aromatic carbocycles. The average molecular weight is 243 g/mol. The number of hydrogen-bond acceptors (Lipinski definition) is 4. The Morgan fingerprint density at radius 1 is 1.29 bits per heavy atom. The molecule has 2 N–H and O–H groups in total. The molecule has 2 aliphatic rings. The number of nitrogens with one attached hydrogen (secondary N) is 1. The van der Waals surface area contributed by atoms with E-state index in [0.29, 0.717) is 19.6 Å². The van der Waals surface area contributed by atoms with Crippen molar-refractivity contribution in [3.63, 3.8) is 0 Å². The molecule has 2 unspecified atom stereocenters.